The summed E-state index contributed by atoms with van der Waals surface area (Å²) in [5, 5.41) is 15.7. The Bertz CT molecular complexity index is 1190. The summed E-state index contributed by atoms with van der Waals surface area (Å²) in [7, 11) is 0. The van der Waals surface area contributed by atoms with Gasteiger partial charge in [0, 0.05) is 49.0 Å². The molecule has 2 aromatic heterocycles. The molecule has 0 bridgehead atoms. The number of nitrogens with one attached hydrogen (secondary N) is 2. The van der Waals surface area contributed by atoms with E-state index in [1.165, 1.54) is 0 Å². The van der Waals surface area contributed by atoms with Crippen LogP contribution in [0.25, 0.3) is 0 Å². The highest BCUT2D eigenvalue weighted by atomic mass is 16.1. The summed E-state index contributed by atoms with van der Waals surface area (Å²) in [5.74, 6) is 1.38. The van der Waals surface area contributed by atoms with Crippen LogP contribution in [0.4, 0.5) is 17.5 Å². The van der Waals surface area contributed by atoms with Crippen LogP contribution in [-0.2, 0) is 17.6 Å². The van der Waals surface area contributed by atoms with Crippen molar-refractivity contribution in [1.29, 1.82) is 5.26 Å². The lowest BCUT2D eigenvalue weighted by Gasteiger charge is -2.20. The van der Waals surface area contributed by atoms with Gasteiger partial charge in [0.1, 0.15) is 5.82 Å². The van der Waals surface area contributed by atoms with Crippen LogP contribution >= 0.6 is 0 Å². The molecule has 3 heterocycles. The van der Waals surface area contributed by atoms with Gasteiger partial charge >= 0.3 is 0 Å². The van der Waals surface area contributed by atoms with Gasteiger partial charge in [0.05, 0.1) is 18.1 Å². The minimum atomic E-state index is 0.0161. The van der Waals surface area contributed by atoms with Gasteiger partial charge in [-0.05, 0) is 55.2 Å². The molecule has 0 spiro atoms. The third-order valence-corrected chi connectivity index (χ3v) is 5.88. The maximum Gasteiger partial charge on any atom is 0.229 e. The van der Waals surface area contributed by atoms with Gasteiger partial charge in [0.25, 0.3) is 0 Å². The molecule has 1 aliphatic heterocycles. The van der Waals surface area contributed by atoms with E-state index in [-0.39, 0.29) is 11.9 Å². The zero-order valence-electron chi connectivity index (χ0n) is 19.6. The summed E-state index contributed by atoms with van der Waals surface area (Å²) < 4.78 is 0. The van der Waals surface area contributed by atoms with E-state index in [2.05, 4.69) is 38.5 Å². The number of nitriles is 1. The molecule has 4 rings (SSSR count). The predicted octanol–water partition coefficient (Wildman–Crippen LogP) is 3.69. The summed E-state index contributed by atoms with van der Waals surface area (Å²) in [5.41, 5.74) is 4.26. The molecule has 1 amide bonds. The molecule has 0 unspecified atom stereocenters. The minimum Gasteiger partial charge on any atom is -0.354 e. The van der Waals surface area contributed by atoms with Crippen LogP contribution in [-0.4, -0.2) is 40.0 Å². The molecule has 0 radical (unpaired) electrons. The highest BCUT2D eigenvalue weighted by Crippen LogP contribution is 2.24. The van der Waals surface area contributed by atoms with Crippen LogP contribution in [0.1, 0.15) is 42.1 Å². The van der Waals surface area contributed by atoms with Crippen LogP contribution in [0, 0.1) is 18.3 Å². The lowest BCUT2D eigenvalue weighted by Crippen LogP contribution is -2.38. The van der Waals surface area contributed by atoms with E-state index in [0.717, 1.165) is 54.1 Å². The number of pyridine rings is 1. The number of hydrogen-bond acceptors (Lipinski definition) is 7. The van der Waals surface area contributed by atoms with Gasteiger partial charge < -0.3 is 15.5 Å². The van der Waals surface area contributed by atoms with Crippen molar-refractivity contribution < 1.29 is 4.79 Å². The Hall–Kier alpha value is -3.99. The largest absolute Gasteiger partial charge is 0.354 e. The van der Waals surface area contributed by atoms with Crippen molar-refractivity contribution in [3.8, 4) is 6.07 Å². The molecule has 1 aliphatic rings. The number of hydrogen-bond donors (Lipinski definition) is 2. The first-order chi connectivity index (χ1) is 16.5. The van der Waals surface area contributed by atoms with Crippen molar-refractivity contribution in [2.45, 2.75) is 45.6 Å². The smallest absolute Gasteiger partial charge is 0.229 e. The van der Waals surface area contributed by atoms with Gasteiger partial charge in [0.2, 0.25) is 11.9 Å². The fourth-order valence-corrected chi connectivity index (χ4v) is 4.09. The summed E-state index contributed by atoms with van der Waals surface area (Å²) in [6.45, 7) is 5.55. The van der Waals surface area contributed by atoms with Crippen molar-refractivity contribution in [2.75, 3.05) is 23.3 Å². The fourth-order valence-electron chi connectivity index (χ4n) is 4.09. The first-order valence-corrected chi connectivity index (χ1v) is 11.6. The van der Waals surface area contributed by atoms with Crippen LogP contribution in [0.3, 0.4) is 0 Å². The summed E-state index contributed by atoms with van der Waals surface area (Å²) in [4.78, 5) is 28.1. The second kappa shape index (κ2) is 10.8. The Morgan fingerprint density at radius 3 is 2.79 bits per heavy atom. The molecule has 1 atom stereocenters. The zero-order chi connectivity index (χ0) is 23.9. The zero-order valence-corrected chi connectivity index (χ0v) is 19.6. The molecule has 1 saturated heterocycles. The summed E-state index contributed by atoms with van der Waals surface area (Å²) >= 11 is 0. The first kappa shape index (κ1) is 23.2. The topological polar surface area (TPSA) is 107 Å². The Morgan fingerprint density at radius 1 is 1.21 bits per heavy atom. The van der Waals surface area contributed by atoms with Crippen molar-refractivity contribution >= 4 is 23.4 Å². The van der Waals surface area contributed by atoms with Gasteiger partial charge in [-0.3, -0.25) is 9.78 Å². The number of anilines is 3. The third-order valence-electron chi connectivity index (χ3n) is 5.88. The maximum atomic E-state index is 12.5. The maximum absolute atomic E-state index is 12.5. The lowest BCUT2D eigenvalue weighted by molar-refractivity contribution is -0.121. The van der Waals surface area contributed by atoms with E-state index in [1.807, 2.05) is 43.3 Å². The van der Waals surface area contributed by atoms with E-state index < -0.39 is 0 Å². The highest BCUT2D eigenvalue weighted by molar-refractivity contribution is 5.79. The van der Waals surface area contributed by atoms with E-state index >= 15 is 0 Å². The molecule has 3 aromatic rings. The molecule has 8 heteroatoms. The standard InChI is InChI=1S/C26H29N7O/c1-3-4-21-15-24(32-26(30-21)31-22-6-5-18(2)20(14-22)16-27)33-12-9-23(17-33)29-25(34)13-19-7-10-28-11-8-19/h5-8,10-11,14-15,23H,3-4,9,12-13,17H2,1-2H3,(H,29,34)(H,30,31,32)/t23-/m0/s1. The molecular weight excluding hydrogens is 426 g/mol. The number of aromatic nitrogens is 3. The van der Waals surface area contributed by atoms with Crippen molar-refractivity contribution in [2.24, 2.45) is 0 Å². The number of rotatable bonds is 8. The Kier molecular flexibility index (Phi) is 7.33. The van der Waals surface area contributed by atoms with Crippen LogP contribution in [0.2, 0.25) is 0 Å². The molecule has 0 aliphatic carbocycles. The number of amides is 1. The first-order valence-electron chi connectivity index (χ1n) is 11.6. The molecule has 1 aromatic carbocycles. The number of nitrogens with zero attached hydrogens (tertiary/aromatic N) is 5. The van der Waals surface area contributed by atoms with Gasteiger partial charge in [-0.15, -0.1) is 0 Å². The molecular formula is C26H29N7O. The number of carbonyl (C=O) groups excluding carboxylic acids is 1. The highest BCUT2D eigenvalue weighted by Gasteiger charge is 2.25. The van der Waals surface area contributed by atoms with E-state index in [0.29, 0.717) is 24.5 Å². The normalized spacial score (nSPS) is 15.1. The SMILES string of the molecule is CCCc1cc(N2CC[C@H](NC(=O)Cc3ccncc3)C2)nc(Nc2ccc(C)c(C#N)c2)n1. The van der Waals surface area contributed by atoms with E-state index in [1.54, 1.807) is 12.4 Å². The quantitative estimate of drug-likeness (QED) is 0.533. The van der Waals surface area contributed by atoms with E-state index in [9.17, 15) is 10.1 Å². The van der Waals surface area contributed by atoms with Crippen molar-refractivity contribution in [3.63, 3.8) is 0 Å². The third kappa shape index (κ3) is 5.87. The summed E-state index contributed by atoms with van der Waals surface area (Å²) in [6.07, 6.45) is 6.44. The van der Waals surface area contributed by atoms with E-state index in [4.69, 9.17) is 4.98 Å². The van der Waals surface area contributed by atoms with Gasteiger partial charge in [-0.2, -0.15) is 10.2 Å². The second-order valence-electron chi connectivity index (χ2n) is 8.59. The average molecular weight is 456 g/mol. The Morgan fingerprint density at radius 2 is 2.03 bits per heavy atom. The Labute approximate surface area is 200 Å². The van der Waals surface area contributed by atoms with Gasteiger partial charge in [0.15, 0.2) is 0 Å². The van der Waals surface area contributed by atoms with Crippen LogP contribution in [0.15, 0.2) is 48.8 Å². The molecule has 0 saturated carbocycles. The van der Waals surface area contributed by atoms with Crippen LogP contribution < -0.4 is 15.5 Å². The lowest BCUT2D eigenvalue weighted by atomic mass is 10.1. The van der Waals surface area contributed by atoms with Gasteiger partial charge in [-0.25, -0.2) is 4.98 Å². The minimum absolute atomic E-state index is 0.0161. The molecule has 8 nitrogen and oxygen atoms in total. The average Bonchev–Trinajstić information content (AvgIpc) is 3.29. The predicted molar refractivity (Wildman–Crippen MR) is 132 cm³/mol. The summed E-state index contributed by atoms with van der Waals surface area (Å²) in [6, 6.07) is 13.7. The number of aryl methyl sites for hydroxylation is 2. The van der Waals surface area contributed by atoms with Crippen LogP contribution in [0.5, 0.6) is 0 Å². The number of carbonyl (C=O) groups is 1. The second-order valence-corrected chi connectivity index (χ2v) is 8.59. The van der Waals surface area contributed by atoms with Crippen molar-refractivity contribution in [3.05, 3.63) is 71.2 Å². The molecule has 1 fully saturated rings. The Balaban J connectivity index is 1.45. The molecule has 2 N–H and O–H groups in total. The fraction of sp³-hybridized carbons (Fsp3) is 0.346. The molecule has 34 heavy (non-hydrogen) atoms. The monoisotopic (exact) mass is 455 g/mol. The number of benzene rings is 1. The van der Waals surface area contributed by atoms with Crippen molar-refractivity contribution in [1.82, 2.24) is 20.3 Å². The van der Waals surface area contributed by atoms with Gasteiger partial charge in [-0.1, -0.05) is 19.4 Å². The molecule has 174 valence electrons.